The lowest BCUT2D eigenvalue weighted by molar-refractivity contribution is -0.137. The normalized spacial score (nSPS) is 20.8. The van der Waals surface area contributed by atoms with Crippen molar-refractivity contribution in [2.24, 2.45) is 11.8 Å². The largest absolute Gasteiger partial charge is 0.343 e. The van der Waals surface area contributed by atoms with E-state index >= 15 is 0 Å². The van der Waals surface area contributed by atoms with E-state index in [-0.39, 0.29) is 40.9 Å². The van der Waals surface area contributed by atoms with Gasteiger partial charge in [0.15, 0.2) is 0 Å². The maximum Gasteiger partial charge on any atom is 0.243 e. The summed E-state index contributed by atoms with van der Waals surface area (Å²) in [7, 11) is -1.89. The van der Waals surface area contributed by atoms with E-state index in [0.29, 0.717) is 18.8 Å². The van der Waals surface area contributed by atoms with E-state index in [1.54, 1.807) is 0 Å². The Labute approximate surface area is 159 Å². The van der Waals surface area contributed by atoms with Crippen molar-refractivity contribution in [1.82, 2.24) is 9.21 Å². The van der Waals surface area contributed by atoms with Crippen LogP contribution >= 0.6 is 11.6 Å². The maximum atomic E-state index is 13.3. The van der Waals surface area contributed by atoms with Crippen LogP contribution in [0.1, 0.15) is 32.6 Å². The lowest BCUT2D eigenvalue weighted by Crippen LogP contribution is -2.45. The minimum absolute atomic E-state index is 0.0202. The molecule has 8 heteroatoms. The molecule has 1 aliphatic carbocycles. The van der Waals surface area contributed by atoms with Gasteiger partial charge in [-0.15, -0.1) is 0 Å². The molecule has 2 fully saturated rings. The molecule has 1 aliphatic heterocycles. The molecule has 0 aromatic heterocycles. The van der Waals surface area contributed by atoms with Crippen LogP contribution in [-0.4, -0.2) is 49.7 Å². The molecule has 26 heavy (non-hydrogen) atoms. The van der Waals surface area contributed by atoms with Crippen LogP contribution in [0.4, 0.5) is 4.39 Å². The fraction of sp³-hybridized carbons (Fsp3) is 0.611. The Kier molecular flexibility index (Phi) is 5.61. The highest BCUT2D eigenvalue weighted by atomic mass is 35.5. The minimum atomic E-state index is -3.73. The molecule has 1 saturated heterocycles. The monoisotopic (exact) mass is 402 g/mol. The highest BCUT2D eigenvalue weighted by Crippen LogP contribution is 2.36. The van der Waals surface area contributed by atoms with E-state index < -0.39 is 15.8 Å². The molecule has 144 valence electrons. The number of hydrogen-bond acceptors (Lipinski definition) is 3. The van der Waals surface area contributed by atoms with Crippen molar-refractivity contribution in [3.05, 3.63) is 29.0 Å². The summed E-state index contributed by atoms with van der Waals surface area (Å²) in [5.41, 5.74) is 0. The lowest BCUT2D eigenvalue weighted by Gasteiger charge is -2.34. The summed E-state index contributed by atoms with van der Waals surface area (Å²) in [5.74, 6) is -0.0916. The van der Waals surface area contributed by atoms with Crippen LogP contribution in [0.5, 0.6) is 0 Å². The first-order valence-corrected chi connectivity index (χ1v) is 10.8. The Morgan fingerprint density at radius 3 is 2.42 bits per heavy atom. The van der Waals surface area contributed by atoms with Crippen LogP contribution < -0.4 is 0 Å². The summed E-state index contributed by atoms with van der Waals surface area (Å²) in [4.78, 5) is 14.5. The van der Waals surface area contributed by atoms with Gasteiger partial charge in [-0.3, -0.25) is 4.79 Å². The smallest absolute Gasteiger partial charge is 0.243 e. The molecule has 0 N–H and O–H groups in total. The molecule has 0 radical (unpaired) electrons. The molecule has 2 aliphatic rings. The molecule has 1 amide bonds. The van der Waals surface area contributed by atoms with E-state index in [9.17, 15) is 17.6 Å². The van der Waals surface area contributed by atoms with Crippen molar-refractivity contribution in [2.45, 2.75) is 43.5 Å². The van der Waals surface area contributed by atoms with E-state index in [0.717, 1.165) is 12.1 Å². The summed E-state index contributed by atoms with van der Waals surface area (Å²) >= 11 is 5.71. The zero-order chi connectivity index (χ0) is 19.1. The van der Waals surface area contributed by atoms with Crippen molar-refractivity contribution >= 4 is 27.5 Å². The van der Waals surface area contributed by atoms with Gasteiger partial charge < -0.3 is 4.90 Å². The van der Waals surface area contributed by atoms with Gasteiger partial charge >= 0.3 is 0 Å². The van der Waals surface area contributed by atoms with Crippen molar-refractivity contribution in [1.29, 1.82) is 0 Å². The standard InChI is InChI=1S/C18H24ClFN2O3S/c1-12(13-3-4-13)21(2)18(23)14-7-9-22(10-8-14)26(24,25)15-5-6-17(20)16(19)11-15/h5-6,11-14H,3-4,7-10H2,1-2H3. The van der Waals surface area contributed by atoms with E-state index in [1.807, 2.05) is 11.9 Å². The number of benzene rings is 1. The Morgan fingerprint density at radius 1 is 1.27 bits per heavy atom. The molecule has 0 spiro atoms. The third-order valence-corrected chi connectivity index (χ3v) is 7.78. The Bertz CT molecular complexity index is 790. The fourth-order valence-electron chi connectivity index (χ4n) is 3.51. The molecule has 1 atom stereocenters. The third kappa shape index (κ3) is 3.89. The molecule has 5 nitrogen and oxygen atoms in total. The first-order chi connectivity index (χ1) is 12.2. The van der Waals surface area contributed by atoms with Gasteiger partial charge in [0.2, 0.25) is 15.9 Å². The second kappa shape index (κ2) is 7.44. The summed E-state index contributed by atoms with van der Waals surface area (Å²) in [6.45, 7) is 2.63. The number of halogens is 2. The predicted molar refractivity (Wildman–Crippen MR) is 97.8 cm³/mol. The quantitative estimate of drug-likeness (QED) is 0.760. The molecule has 3 rings (SSSR count). The molecular weight excluding hydrogens is 379 g/mol. The first kappa shape index (κ1) is 19.6. The van der Waals surface area contributed by atoms with Crippen LogP contribution in [0.25, 0.3) is 0 Å². The molecule has 1 aromatic carbocycles. The Balaban J connectivity index is 1.63. The van der Waals surface area contributed by atoms with Gasteiger partial charge in [0, 0.05) is 32.1 Å². The van der Waals surface area contributed by atoms with Gasteiger partial charge in [0.05, 0.1) is 9.92 Å². The van der Waals surface area contributed by atoms with E-state index in [4.69, 9.17) is 11.6 Å². The second-order valence-electron chi connectivity index (χ2n) is 7.28. The molecule has 0 bridgehead atoms. The number of rotatable bonds is 5. The Hall–Kier alpha value is -1.18. The lowest BCUT2D eigenvalue weighted by atomic mass is 9.96. The van der Waals surface area contributed by atoms with Gasteiger partial charge in [-0.1, -0.05) is 11.6 Å². The highest BCUT2D eigenvalue weighted by molar-refractivity contribution is 7.89. The summed E-state index contributed by atoms with van der Waals surface area (Å²) in [5, 5.41) is -0.216. The van der Waals surface area contributed by atoms with Gasteiger partial charge in [-0.2, -0.15) is 4.31 Å². The van der Waals surface area contributed by atoms with Crippen molar-refractivity contribution < 1.29 is 17.6 Å². The van der Waals surface area contributed by atoms with Crippen LogP contribution in [0, 0.1) is 17.7 Å². The average molecular weight is 403 g/mol. The second-order valence-corrected chi connectivity index (χ2v) is 9.63. The molecule has 1 saturated carbocycles. The zero-order valence-corrected chi connectivity index (χ0v) is 16.6. The minimum Gasteiger partial charge on any atom is -0.343 e. The first-order valence-electron chi connectivity index (χ1n) is 8.93. The topological polar surface area (TPSA) is 57.7 Å². The average Bonchev–Trinajstić information content (AvgIpc) is 3.47. The number of nitrogens with zero attached hydrogens (tertiary/aromatic N) is 2. The van der Waals surface area contributed by atoms with Gasteiger partial charge in [0.25, 0.3) is 0 Å². The SMILES string of the molecule is CC(C1CC1)N(C)C(=O)C1CCN(S(=O)(=O)c2ccc(F)c(Cl)c2)CC1. The molecule has 1 unspecified atom stereocenters. The predicted octanol–water partition coefficient (Wildman–Crippen LogP) is 3.14. The maximum absolute atomic E-state index is 13.3. The van der Waals surface area contributed by atoms with Crippen molar-refractivity contribution in [3.63, 3.8) is 0 Å². The van der Waals surface area contributed by atoms with E-state index in [2.05, 4.69) is 6.92 Å². The Morgan fingerprint density at radius 2 is 1.88 bits per heavy atom. The number of carbonyl (C=O) groups excluding carboxylic acids is 1. The summed E-state index contributed by atoms with van der Waals surface area (Å²) in [6.07, 6.45) is 3.34. The van der Waals surface area contributed by atoms with Gasteiger partial charge in [-0.05, 0) is 56.7 Å². The van der Waals surface area contributed by atoms with Crippen molar-refractivity contribution in [3.8, 4) is 0 Å². The number of amides is 1. The summed E-state index contributed by atoms with van der Waals surface area (Å²) in [6, 6.07) is 3.65. The number of hydrogen-bond donors (Lipinski definition) is 0. The van der Waals surface area contributed by atoms with Gasteiger partial charge in [0.1, 0.15) is 5.82 Å². The van der Waals surface area contributed by atoms with Crippen LogP contribution in [-0.2, 0) is 14.8 Å². The van der Waals surface area contributed by atoms with Crippen LogP contribution in [0.3, 0.4) is 0 Å². The number of sulfonamides is 1. The van der Waals surface area contributed by atoms with Crippen LogP contribution in [0.15, 0.2) is 23.1 Å². The third-order valence-electron chi connectivity index (χ3n) is 5.59. The fourth-order valence-corrected chi connectivity index (χ4v) is 5.25. The molecule has 1 heterocycles. The van der Waals surface area contributed by atoms with Gasteiger partial charge in [-0.25, -0.2) is 12.8 Å². The van der Waals surface area contributed by atoms with Crippen molar-refractivity contribution in [2.75, 3.05) is 20.1 Å². The highest BCUT2D eigenvalue weighted by Gasteiger charge is 2.37. The molecular formula is C18H24ClFN2O3S. The number of carbonyl (C=O) groups is 1. The van der Waals surface area contributed by atoms with Crippen LogP contribution in [0.2, 0.25) is 5.02 Å². The molecule has 1 aromatic rings. The number of piperidine rings is 1. The zero-order valence-electron chi connectivity index (χ0n) is 15.0. The van der Waals surface area contributed by atoms with E-state index in [1.165, 1.54) is 23.2 Å². The summed E-state index contributed by atoms with van der Waals surface area (Å²) < 4.78 is 40.1.